The first-order valence-electron chi connectivity index (χ1n) is 6.59. The SMILES string of the molecule is CC(C)Cc1ccc(COCC(=O)NN(C)C)cc1. The summed E-state index contributed by atoms with van der Waals surface area (Å²) >= 11 is 0. The molecule has 106 valence electrons. The van der Waals surface area contributed by atoms with Crippen LogP contribution in [-0.4, -0.2) is 31.6 Å². The first kappa shape index (κ1) is 15.7. The fraction of sp³-hybridized carbons (Fsp3) is 0.533. The summed E-state index contributed by atoms with van der Waals surface area (Å²) in [7, 11) is 3.54. The number of ether oxygens (including phenoxy) is 1. The summed E-state index contributed by atoms with van der Waals surface area (Å²) in [5.41, 5.74) is 5.05. The van der Waals surface area contributed by atoms with Gasteiger partial charge < -0.3 is 4.74 Å². The van der Waals surface area contributed by atoms with E-state index < -0.39 is 0 Å². The van der Waals surface area contributed by atoms with Crippen LogP contribution in [0.25, 0.3) is 0 Å². The van der Waals surface area contributed by atoms with E-state index >= 15 is 0 Å². The molecule has 4 heteroatoms. The van der Waals surface area contributed by atoms with Crippen LogP contribution in [0.5, 0.6) is 0 Å². The lowest BCUT2D eigenvalue weighted by Gasteiger charge is -2.12. The maximum absolute atomic E-state index is 11.3. The van der Waals surface area contributed by atoms with Crippen LogP contribution in [0.4, 0.5) is 0 Å². The van der Waals surface area contributed by atoms with Gasteiger partial charge in [-0.1, -0.05) is 38.1 Å². The molecule has 0 aliphatic heterocycles. The number of carbonyl (C=O) groups is 1. The second-order valence-corrected chi connectivity index (χ2v) is 5.34. The third-order valence-electron chi connectivity index (χ3n) is 2.52. The first-order valence-corrected chi connectivity index (χ1v) is 6.59. The zero-order valence-electron chi connectivity index (χ0n) is 12.3. The summed E-state index contributed by atoms with van der Waals surface area (Å²) in [5.74, 6) is 0.526. The number of carbonyl (C=O) groups excluding carboxylic acids is 1. The molecule has 1 aromatic carbocycles. The topological polar surface area (TPSA) is 41.6 Å². The molecule has 1 N–H and O–H groups in total. The Morgan fingerprint density at radius 2 is 1.79 bits per heavy atom. The van der Waals surface area contributed by atoms with Crippen molar-refractivity contribution in [2.75, 3.05) is 20.7 Å². The molecule has 1 aromatic rings. The van der Waals surface area contributed by atoms with Crippen molar-refractivity contribution in [3.8, 4) is 0 Å². The van der Waals surface area contributed by atoms with Gasteiger partial charge in [0.15, 0.2) is 0 Å². The first-order chi connectivity index (χ1) is 8.97. The Hall–Kier alpha value is -1.39. The molecular weight excluding hydrogens is 240 g/mol. The van der Waals surface area contributed by atoms with Crippen molar-refractivity contribution in [3.63, 3.8) is 0 Å². The lowest BCUT2D eigenvalue weighted by Crippen LogP contribution is -2.38. The summed E-state index contributed by atoms with van der Waals surface area (Å²) in [4.78, 5) is 11.3. The van der Waals surface area contributed by atoms with Crippen LogP contribution in [0.3, 0.4) is 0 Å². The lowest BCUT2D eigenvalue weighted by atomic mass is 10.0. The van der Waals surface area contributed by atoms with Crippen LogP contribution in [0.1, 0.15) is 25.0 Å². The maximum atomic E-state index is 11.3. The van der Waals surface area contributed by atoms with Crippen LogP contribution in [0, 0.1) is 5.92 Å². The van der Waals surface area contributed by atoms with Crippen LogP contribution < -0.4 is 5.43 Å². The second kappa shape index (κ2) is 7.92. The molecule has 0 radical (unpaired) electrons. The van der Waals surface area contributed by atoms with Crippen molar-refractivity contribution in [1.82, 2.24) is 10.4 Å². The predicted octanol–water partition coefficient (Wildman–Crippen LogP) is 1.99. The van der Waals surface area contributed by atoms with Gasteiger partial charge in [-0.15, -0.1) is 0 Å². The minimum absolute atomic E-state index is 0.0753. The summed E-state index contributed by atoms with van der Waals surface area (Å²) in [6.45, 7) is 4.95. The fourth-order valence-corrected chi connectivity index (χ4v) is 1.79. The van der Waals surface area contributed by atoms with Crippen molar-refractivity contribution in [2.24, 2.45) is 5.92 Å². The standard InChI is InChI=1S/C15H24N2O2/c1-12(2)9-13-5-7-14(8-6-13)10-19-11-15(18)16-17(3)4/h5-8,12H,9-11H2,1-4H3,(H,16,18). The van der Waals surface area contributed by atoms with E-state index in [1.807, 2.05) is 0 Å². The summed E-state index contributed by atoms with van der Waals surface area (Å²) < 4.78 is 5.36. The molecule has 0 aliphatic rings. The monoisotopic (exact) mass is 264 g/mol. The van der Waals surface area contributed by atoms with E-state index in [-0.39, 0.29) is 12.5 Å². The van der Waals surface area contributed by atoms with E-state index in [0.717, 1.165) is 12.0 Å². The van der Waals surface area contributed by atoms with Gasteiger partial charge in [0, 0.05) is 14.1 Å². The van der Waals surface area contributed by atoms with Gasteiger partial charge in [0.25, 0.3) is 5.91 Å². The van der Waals surface area contributed by atoms with Crippen LogP contribution in [0.15, 0.2) is 24.3 Å². The Bertz CT molecular complexity index is 386. The van der Waals surface area contributed by atoms with Gasteiger partial charge in [-0.2, -0.15) is 0 Å². The summed E-state index contributed by atoms with van der Waals surface area (Å²) in [6, 6.07) is 8.36. The number of hydrogen-bond donors (Lipinski definition) is 1. The molecule has 0 atom stereocenters. The predicted molar refractivity (Wildman–Crippen MR) is 76.5 cm³/mol. The molecule has 0 spiro atoms. The zero-order chi connectivity index (χ0) is 14.3. The Morgan fingerprint density at radius 3 is 2.32 bits per heavy atom. The van der Waals surface area contributed by atoms with Crippen LogP contribution >= 0.6 is 0 Å². The minimum Gasteiger partial charge on any atom is -0.367 e. The minimum atomic E-state index is -0.138. The lowest BCUT2D eigenvalue weighted by molar-refractivity contribution is -0.129. The highest BCUT2D eigenvalue weighted by atomic mass is 16.5. The average molecular weight is 264 g/mol. The molecule has 0 aliphatic carbocycles. The molecule has 1 rings (SSSR count). The highest BCUT2D eigenvalue weighted by molar-refractivity contribution is 5.76. The number of hydrogen-bond acceptors (Lipinski definition) is 3. The molecule has 1 amide bonds. The van der Waals surface area contributed by atoms with E-state index in [2.05, 4.69) is 43.5 Å². The van der Waals surface area contributed by atoms with E-state index in [1.54, 1.807) is 19.1 Å². The number of rotatable bonds is 7. The summed E-state index contributed by atoms with van der Waals surface area (Å²) in [6.07, 6.45) is 1.09. The third kappa shape index (κ3) is 6.94. The number of amides is 1. The van der Waals surface area contributed by atoms with Gasteiger partial charge >= 0.3 is 0 Å². The molecule has 4 nitrogen and oxygen atoms in total. The van der Waals surface area contributed by atoms with Gasteiger partial charge in [-0.25, -0.2) is 5.01 Å². The smallest absolute Gasteiger partial charge is 0.260 e. The molecular formula is C15H24N2O2. The largest absolute Gasteiger partial charge is 0.367 e. The molecule has 0 unspecified atom stereocenters. The van der Waals surface area contributed by atoms with Crippen molar-refractivity contribution in [1.29, 1.82) is 0 Å². The molecule has 0 fully saturated rings. The molecule has 19 heavy (non-hydrogen) atoms. The number of hydrazine groups is 1. The van der Waals surface area contributed by atoms with Gasteiger partial charge in [-0.3, -0.25) is 10.2 Å². The van der Waals surface area contributed by atoms with E-state index in [9.17, 15) is 4.79 Å². The van der Waals surface area contributed by atoms with Crippen molar-refractivity contribution in [2.45, 2.75) is 26.9 Å². The van der Waals surface area contributed by atoms with E-state index in [4.69, 9.17) is 4.74 Å². The van der Waals surface area contributed by atoms with Crippen LogP contribution in [-0.2, 0) is 22.6 Å². The number of benzene rings is 1. The van der Waals surface area contributed by atoms with Gasteiger partial charge in [0.2, 0.25) is 0 Å². The van der Waals surface area contributed by atoms with E-state index in [0.29, 0.717) is 12.5 Å². The molecule has 0 heterocycles. The Morgan fingerprint density at radius 1 is 1.21 bits per heavy atom. The van der Waals surface area contributed by atoms with Gasteiger partial charge in [-0.05, 0) is 23.5 Å². The quantitative estimate of drug-likeness (QED) is 0.766. The Balaban J connectivity index is 2.32. The van der Waals surface area contributed by atoms with Gasteiger partial charge in [0.05, 0.1) is 6.61 Å². The van der Waals surface area contributed by atoms with Crippen molar-refractivity contribution in [3.05, 3.63) is 35.4 Å². The maximum Gasteiger partial charge on any atom is 0.260 e. The average Bonchev–Trinajstić information content (AvgIpc) is 2.29. The normalized spacial score (nSPS) is 11.1. The third-order valence-corrected chi connectivity index (χ3v) is 2.52. The fourth-order valence-electron chi connectivity index (χ4n) is 1.79. The van der Waals surface area contributed by atoms with Gasteiger partial charge in [0.1, 0.15) is 6.61 Å². The molecule has 0 bridgehead atoms. The number of nitrogens with one attached hydrogen (secondary N) is 1. The number of nitrogens with zero attached hydrogens (tertiary/aromatic N) is 1. The summed E-state index contributed by atoms with van der Waals surface area (Å²) in [5, 5.41) is 1.60. The Kier molecular flexibility index (Phi) is 6.53. The highest BCUT2D eigenvalue weighted by Crippen LogP contribution is 2.10. The molecule has 0 saturated carbocycles. The van der Waals surface area contributed by atoms with Crippen LogP contribution in [0.2, 0.25) is 0 Å². The molecule has 0 aromatic heterocycles. The zero-order valence-corrected chi connectivity index (χ0v) is 12.3. The van der Waals surface area contributed by atoms with Crippen molar-refractivity contribution >= 4 is 5.91 Å². The highest BCUT2D eigenvalue weighted by Gasteiger charge is 2.03. The van der Waals surface area contributed by atoms with Crippen molar-refractivity contribution < 1.29 is 9.53 Å². The van der Waals surface area contributed by atoms with E-state index in [1.165, 1.54) is 5.56 Å². The molecule has 0 saturated heterocycles. The second-order valence-electron chi connectivity index (χ2n) is 5.34. The Labute approximate surface area is 115 Å².